The third-order valence-electron chi connectivity index (χ3n) is 3.39. The lowest BCUT2D eigenvalue weighted by Gasteiger charge is -2.25. The number of hydrogen-bond acceptors (Lipinski definition) is 2. The van der Waals surface area contributed by atoms with E-state index in [1.165, 1.54) is 32.1 Å². The summed E-state index contributed by atoms with van der Waals surface area (Å²) in [6.45, 7) is 5.32. The van der Waals surface area contributed by atoms with Crippen LogP contribution >= 0.6 is 0 Å². The molecular weight excluding hydrogens is 160 g/mol. The van der Waals surface area contributed by atoms with E-state index < -0.39 is 0 Å². The largest absolute Gasteiger partial charge is 0.330 e. The van der Waals surface area contributed by atoms with Crippen molar-refractivity contribution in [3.05, 3.63) is 0 Å². The standard InChI is InChI=1S/C11H24N2/c1-3-10(8-12)9(2)13-11-6-4-5-7-11/h9-11,13H,3-8,12H2,1-2H3. The van der Waals surface area contributed by atoms with Gasteiger partial charge in [-0.25, -0.2) is 0 Å². The molecule has 0 radical (unpaired) electrons. The normalized spacial score (nSPS) is 23.3. The zero-order chi connectivity index (χ0) is 9.68. The zero-order valence-corrected chi connectivity index (χ0v) is 9.05. The van der Waals surface area contributed by atoms with Crippen molar-refractivity contribution in [1.82, 2.24) is 5.32 Å². The first kappa shape index (κ1) is 11.0. The number of nitrogens with two attached hydrogens (primary N) is 1. The fraction of sp³-hybridized carbons (Fsp3) is 1.00. The van der Waals surface area contributed by atoms with E-state index in [1.54, 1.807) is 0 Å². The Morgan fingerprint density at radius 2 is 2.00 bits per heavy atom. The zero-order valence-electron chi connectivity index (χ0n) is 9.05. The molecule has 2 atom stereocenters. The molecule has 2 nitrogen and oxygen atoms in total. The van der Waals surface area contributed by atoms with Gasteiger partial charge < -0.3 is 11.1 Å². The summed E-state index contributed by atoms with van der Waals surface area (Å²) in [5.74, 6) is 0.653. The Morgan fingerprint density at radius 3 is 2.46 bits per heavy atom. The minimum absolute atomic E-state index is 0.595. The first-order valence-electron chi connectivity index (χ1n) is 5.74. The molecule has 0 spiro atoms. The second kappa shape index (κ2) is 5.61. The Bertz CT molecular complexity index is 126. The van der Waals surface area contributed by atoms with Crippen LogP contribution in [-0.2, 0) is 0 Å². The molecule has 1 aliphatic carbocycles. The van der Waals surface area contributed by atoms with Crippen LogP contribution in [0.1, 0.15) is 46.0 Å². The predicted molar refractivity (Wildman–Crippen MR) is 57.7 cm³/mol. The van der Waals surface area contributed by atoms with Crippen LogP contribution < -0.4 is 11.1 Å². The smallest absolute Gasteiger partial charge is 0.00815 e. The Kier molecular flexibility index (Phi) is 4.74. The van der Waals surface area contributed by atoms with Crippen molar-refractivity contribution in [2.24, 2.45) is 11.7 Å². The van der Waals surface area contributed by atoms with Crippen molar-refractivity contribution in [1.29, 1.82) is 0 Å². The van der Waals surface area contributed by atoms with E-state index in [1.807, 2.05) is 0 Å². The molecular formula is C11H24N2. The fourth-order valence-electron chi connectivity index (χ4n) is 2.32. The van der Waals surface area contributed by atoms with E-state index in [-0.39, 0.29) is 0 Å². The van der Waals surface area contributed by atoms with Gasteiger partial charge in [-0.3, -0.25) is 0 Å². The van der Waals surface area contributed by atoms with Crippen molar-refractivity contribution < 1.29 is 0 Å². The molecule has 13 heavy (non-hydrogen) atoms. The molecule has 0 aromatic carbocycles. The van der Waals surface area contributed by atoms with Gasteiger partial charge in [0.2, 0.25) is 0 Å². The van der Waals surface area contributed by atoms with Crippen LogP contribution in [0.4, 0.5) is 0 Å². The van der Waals surface area contributed by atoms with E-state index in [4.69, 9.17) is 5.73 Å². The SMILES string of the molecule is CCC(CN)C(C)NC1CCCC1. The molecule has 1 fully saturated rings. The molecule has 1 saturated carbocycles. The predicted octanol–water partition coefficient (Wildman–Crippen LogP) is 1.89. The maximum Gasteiger partial charge on any atom is 0.00815 e. The highest BCUT2D eigenvalue weighted by Crippen LogP contribution is 2.19. The Morgan fingerprint density at radius 1 is 1.38 bits per heavy atom. The molecule has 0 aromatic rings. The number of hydrogen-bond donors (Lipinski definition) is 2. The van der Waals surface area contributed by atoms with Gasteiger partial charge in [0, 0.05) is 12.1 Å². The first-order chi connectivity index (χ1) is 6.27. The van der Waals surface area contributed by atoms with Crippen LogP contribution in [0.3, 0.4) is 0 Å². The fourth-order valence-corrected chi connectivity index (χ4v) is 2.32. The number of rotatable bonds is 5. The minimum Gasteiger partial charge on any atom is -0.330 e. The molecule has 0 amide bonds. The molecule has 0 heterocycles. The third-order valence-corrected chi connectivity index (χ3v) is 3.39. The minimum atomic E-state index is 0.595. The van der Waals surface area contributed by atoms with Crippen molar-refractivity contribution in [2.45, 2.75) is 58.0 Å². The summed E-state index contributed by atoms with van der Waals surface area (Å²) in [7, 11) is 0. The van der Waals surface area contributed by atoms with Gasteiger partial charge in [0.1, 0.15) is 0 Å². The van der Waals surface area contributed by atoms with Crippen LogP contribution in [0.5, 0.6) is 0 Å². The highest BCUT2D eigenvalue weighted by Gasteiger charge is 2.20. The second-order valence-corrected chi connectivity index (χ2v) is 4.34. The molecule has 1 rings (SSSR count). The van der Waals surface area contributed by atoms with E-state index >= 15 is 0 Å². The Hall–Kier alpha value is -0.0800. The van der Waals surface area contributed by atoms with Crippen molar-refractivity contribution in [3.8, 4) is 0 Å². The van der Waals surface area contributed by atoms with Gasteiger partial charge in [-0.1, -0.05) is 26.2 Å². The second-order valence-electron chi connectivity index (χ2n) is 4.34. The maximum atomic E-state index is 5.72. The maximum absolute atomic E-state index is 5.72. The summed E-state index contributed by atoms with van der Waals surface area (Å²) >= 11 is 0. The molecule has 0 aliphatic heterocycles. The monoisotopic (exact) mass is 184 g/mol. The molecule has 0 bridgehead atoms. The van der Waals surface area contributed by atoms with E-state index in [9.17, 15) is 0 Å². The molecule has 78 valence electrons. The van der Waals surface area contributed by atoms with Gasteiger partial charge >= 0.3 is 0 Å². The van der Waals surface area contributed by atoms with Crippen LogP contribution in [0, 0.1) is 5.92 Å². The van der Waals surface area contributed by atoms with Crippen molar-refractivity contribution in [3.63, 3.8) is 0 Å². The summed E-state index contributed by atoms with van der Waals surface area (Å²) in [5, 5.41) is 3.70. The molecule has 0 aromatic heterocycles. The van der Waals surface area contributed by atoms with Gasteiger partial charge in [-0.2, -0.15) is 0 Å². The van der Waals surface area contributed by atoms with Gasteiger partial charge in [-0.15, -0.1) is 0 Å². The lowest BCUT2D eigenvalue weighted by atomic mass is 9.97. The first-order valence-corrected chi connectivity index (χ1v) is 5.74. The van der Waals surface area contributed by atoms with Crippen molar-refractivity contribution in [2.75, 3.05) is 6.54 Å². The molecule has 2 unspecified atom stereocenters. The molecule has 1 aliphatic rings. The lowest BCUT2D eigenvalue weighted by Crippen LogP contribution is -2.42. The molecule has 2 heteroatoms. The summed E-state index contributed by atoms with van der Waals surface area (Å²) in [4.78, 5) is 0. The number of nitrogens with one attached hydrogen (secondary N) is 1. The van der Waals surface area contributed by atoms with Crippen molar-refractivity contribution >= 4 is 0 Å². The lowest BCUT2D eigenvalue weighted by molar-refractivity contribution is 0.335. The van der Waals surface area contributed by atoms with E-state index in [0.29, 0.717) is 12.0 Å². The Balaban J connectivity index is 2.25. The Labute approximate surface area is 82.3 Å². The van der Waals surface area contributed by atoms with Gasteiger partial charge in [0.05, 0.1) is 0 Å². The average Bonchev–Trinajstić information content (AvgIpc) is 2.59. The van der Waals surface area contributed by atoms with E-state index in [2.05, 4.69) is 19.2 Å². The summed E-state index contributed by atoms with van der Waals surface area (Å²) in [5.41, 5.74) is 5.72. The summed E-state index contributed by atoms with van der Waals surface area (Å²) in [6, 6.07) is 1.37. The quantitative estimate of drug-likeness (QED) is 0.685. The van der Waals surface area contributed by atoms with Gasteiger partial charge in [0.25, 0.3) is 0 Å². The van der Waals surface area contributed by atoms with Crippen LogP contribution in [-0.4, -0.2) is 18.6 Å². The van der Waals surface area contributed by atoms with Crippen LogP contribution in [0.15, 0.2) is 0 Å². The van der Waals surface area contributed by atoms with Crippen LogP contribution in [0.25, 0.3) is 0 Å². The average molecular weight is 184 g/mol. The summed E-state index contributed by atoms with van der Waals surface area (Å²) in [6.07, 6.45) is 6.74. The van der Waals surface area contributed by atoms with Crippen LogP contribution in [0.2, 0.25) is 0 Å². The van der Waals surface area contributed by atoms with E-state index in [0.717, 1.165) is 12.6 Å². The highest BCUT2D eigenvalue weighted by atomic mass is 15.0. The molecule has 3 N–H and O–H groups in total. The third kappa shape index (κ3) is 3.28. The van der Waals surface area contributed by atoms with Gasteiger partial charge in [-0.05, 0) is 32.2 Å². The topological polar surface area (TPSA) is 38.0 Å². The molecule has 0 saturated heterocycles. The summed E-state index contributed by atoms with van der Waals surface area (Å²) < 4.78 is 0. The highest BCUT2D eigenvalue weighted by molar-refractivity contribution is 4.80. The van der Waals surface area contributed by atoms with Gasteiger partial charge in [0.15, 0.2) is 0 Å².